The summed E-state index contributed by atoms with van der Waals surface area (Å²) in [6.45, 7) is 0.611. The number of phosphoric ester groups is 1. The van der Waals surface area contributed by atoms with Gasteiger partial charge in [-0.1, -0.05) is 42.5 Å². The fourth-order valence-corrected chi connectivity index (χ4v) is 8.18. The number of nitrogens with zero attached hydrogens (tertiary/aromatic N) is 2. The summed E-state index contributed by atoms with van der Waals surface area (Å²) in [7, 11) is -2.46. The highest BCUT2D eigenvalue weighted by Gasteiger charge is 2.59. The van der Waals surface area contributed by atoms with Crippen LogP contribution < -0.4 is 28.0 Å². The van der Waals surface area contributed by atoms with Crippen LogP contribution in [0.25, 0.3) is 0 Å². The molecule has 8 rings (SSSR count). The zero-order valence-corrected chi connectivity index (χ0v) is 24.6. The maximum atomic E-state index is 14.7. The normalized spacial score (nSPS) is 22.7. The van der Waals surface area contributed by atoms with Crippen LogP contribution in [-0.2, 0) is 27.6 Å². The molecule has 0 radical (unpaired) electrons. The van der Waals surface area contributed by atoms with Gasteiger partial charge < -0.3 is 28.0 Å². The summed E-state index contributed by atoms with van der Waals surface area (Å²) in [5, 5.41) is 11.1. The van der Waals surface area contributed by atoms with E-state index in [1.165, 1.54) is 0 Å². The van der Waals surface area contributed by atoms with E-state index in [0.717, 1.165) is 22.3 Å². The summed E-state index contributed by atoms with van der Waals surface area (Å²) >= 11 is 0. The SMILES string of the molecule is CN1Cc2c(ccc3c2OCO3)[C@H]2[C@@H](OP(=O)(Oc3ccccc3)Oc3ccccc3)Cc3cc4c(cc3C21C#N)OCO4. The van der Waals surface area contributed by atoms with E-state index in [9.17, 15) is 9.83 Å². The second-order valence-electron chi connectivity index (χ2n) is 11.0. The molecule has 11 heteroatoms. The highest BCUT2D eigenvalue weighted by molar-refractivity contribution is 7.49. The van der Waals surface area contributed by atoms with Gasteiger partial charge in [0, 0.05) is 24.4 Å². The Bertz CT molecular complexity index is 1800. The Labute approximate surface area is 253 Å². The molecule has 1 aliphatic carbocycles. The Balaban J connectivity index is 1.30. The van der Waals surface area contributed by atoms with Crippen LogP contribution in [0.4, 0.5) is 0 Å². The third-order valence-electron chi connectivity index (χ3n) is 8.62. The molecule has 4 aliphatic rings. The summed E-state index contributed by atoms with van der Waals surface area (Å²) in [4.78, 5) is 1.99. The minimum absolute atomic E-state index is 0.0916. The number of likely N-dealkylation sites (N-methyl/N-ethyl adjacent to an activating group) is 1. The summed E-state index contributed by atoms with van der Waals surface area (Å²) < 4.78 is 56.4. The van der Waals surface area contributed by atoms with Crippen molar-refractivity contribution in [2.24, 2.45) is 0 Å². The number of hydrogen-bond donors (Lipinski definition) is 0. The first-order chi connectivity index (χ1) is 21.5. The quantitative estimate of drug-likeness (QED) is 0.231. The Morgan fingerprint density at radius 3 is 2.18 bits per heavy atom. The second kappa shape index (κ2) is 10.2. The van der Waals surface area contributed by atoms with Crippen molar-refractivity contribution in [3.05, 3.63) is 107 Å². The third kappa shape index (κ3) is 4.20. The first kappa shape index (κ1) is 26.9. The number of para-hydroxylation sites is 2. The zero-order valence-electron chi connectivity index (χ0n) is 23.7. The highest BCUT2D eigenvalue weighted by atomic mass is 31.2. The van der Waals surface area contributed by atoms with Crippen LogP contribution >= 0.6 is 7.82 Å². The largest absolute Gasteiger partial charge is 0.587 e. The lowest BCUT2D eigenvalue weighted by molar-refractivity contribution is 0.0208. The average Bonchev–Trinajstić information content (AvgIpc) is 3.70. The van der Waals surface area contributed by atoms with Crippen molar-refractivity contribution in [3.8, 4) is 40.6 Å². The lowest BCUT2D eigenvalue weighted by atomic mass is 9.62. The van der Waals surface area contributed by atoms with Gasteiger partial charge in [0.05, 0.1) is 12.2 Å². The van der Waals surface area contributed by atoms with E-state index >= 15 is 0 Å². The summed E-state index contributed by atoms with van der Waals surface area (Å²) in [6, 6.07) is 27.7. The van der Waals surface area contributed by atoms with Crippen LogP contribution in [0, 0.1) is 11.3 Å². The lowest BCUT2D eigenvalue weighted by Crippen LogP contribution is -2.57. The molecule has 3 atom stereocenters. The van der Waals surface area contributed by atoms with Crippen molar-refractivity contribution >= 4 is 7.82 Å². The summed E-state index contributed by atoms with van der Waals surface area (Å²) in [5.74, 6) is 2.46. The molecule has 0 bridgehead atoms. The first-order valence-corrected chi connectivity index (χ1v) is 15.7. The van der Waals surface area contributed by atoms with Gasteiger partial charge in [0.25, 0.3) is 0 Å². The van der Waals surface area contributed by atoms with Gasteiger partial charge in [-0.2, -0.15) is 5.26 Å². The molecule has 3 aliphatic heterocycles. The fraction of sp³-hybridized carbons (Fsp3) is 0.242. The predicted octanol–water partition coefficient (Wildman–Crippen LogP) is 6.30. The Kier molecular flexibility index (Phi) is 6.24. The Hall–Kier alpha value is -4.68. The molecule has 0 saturated carbocycles. The molecule has 0 aromatic heterocycles. The molecule has 0 fully saturated rings. The Morgan fingerprint density at radius 2 is 1.50 bits per heavy atom. The van der Waals surface area contributed by atoms with E-state index in [2.05, 4.69) is 6.07 Å². The predicted molar refractivity (Wildman–Crippen MR) is 157 cm³/mol. The molecule has 0 N–H and O–H groups in total. The molecule has 222 valence electrons. The maximum absolute atomic E-state index is 14.7. The van der Waals surface area contributed by atoms with Crippen molar-refractivity contribution in [1.82, 2.24) is 4.90 Å². The van der Waals surface area contributed by atoms with Crippen molar-refractivity contribution < 1.29 is 37.1 Å². The van der Waals surface area contributed by atoms with Crippen LogP contribution in [-0.4, -0.2) is 31.6 Å². The summed E-state index contributed by atoms with van der Waals surface area (Å²) in [5.41, 5.74) is 2.10. The van der Waals surface area contributed by atoms with Gasteiger partial charge in [-0.15, -0.1) is 0 Å². The van der Waals surface area contributed by atoms with Crippen LogP contribution in [0.1, 0.15) is 28.2 Å². The monoisotopic (exact) mass is 610 g/mol. The van der Waals surface area contributed by atoms with E-state index in [0.29, 0.717) is 47.5 Å². The molecule has 4 aromatic carbocycles. The molecule has 3 heterocycles. The smallest absolute Gasteiger partial charge is 0.454 e. The van der Waals surface area contributed by atoms with E-state index in [1.54, 1.807) is 48.5 Å². The van der Waals surface area contributed by atoms with Gasteiger partial charge in [0.1, 0.15) is 17.0 Å². The molecular formula is C33H27N2O8P. The van der Waals surface area contributed by atoms with Crippen LogP contribution in [0.5, 0.6) is 34.5 Å². The van der Waals surface area contributed by atoms with Crippen LogP contribution in [0.3, 0.4) is 0 Å². The molecule has 1 unspecified atom stereocenters. The molecule has 44 heavy (non-hydrogen) atoms. The van der Waals surface area contributed by atoms with Crippen LogP contribution in [0.2, 0.25) is 0 Å². The average molecular weight is 611 g/mol. The standard InChI is InChI=1S/C33H27N2O8P/c1-35-17-25-24(12-13-27-32(25)40-20-37-27)31-30(15-21-14-28-29(39-19-38-28)16-26(21)33(31,35)18-34)43-44(36,41-22-8-4-2-5-9-22)42-23-10-6-3-7-11-23/h2-14,16,30-31H,15,17,19-20H2,1H3/t30-,31-,33?/m0/s1. The first-order valence-electron chi connectivity index (χ1n) is 14.2. The van der Waals surface area contributed by atoms with Gasteiger partial charge in [0.2, 0.25) is 13.6 Å². The number of hydrogen-bond acceptors (Lipinski definition) is 10. The van der Waals surface area contributed by atoms with Gasteiger partial charge in [-0.3, -0.25) is 9.42 Å². The Morgan fingerprint density at radius 1 is 0.864 bits per heavy atom. The van der Waals surface area contributed by atoms with Gasteiger partial charge in [0.15, 0.2) is 23.0 Å². The third-order valence-corrected chi connectivity index (χ3v) is 10.0. The van der Waals surface area contributed by atoms with Gasteiger partial charge in [-0.25, -0.2) is 4.57 Å². The van der Waals surface area contributed by atoms with Crippen molar-refractivity contribution in [2.75, 3.05) is 20.6 Å². The summed E-state index contributed by atoms with van der Waals surface area (Å²) in [6.07, 6.45) is -0.537. The van der Waals surface area contributed by atoms with Gasteiger partial charge >= 0.3 is 7.82 Å². The number of phosphoric acid groups is 1. The van der Waals surface area contributed by atoms with E-state index in [-0.39, 0.29) is 13.6 Å². The number of nitriles is 1. The van der Waals surface area contributed by atoms with Crippen molar-refractivity contribution in [1.29, 1.82) is 5.26 Å². The number of fused-ring (bicyclic) bond motifs is 8. The van der Waals surface area contributed by atoms with Crippen molar-refractivity contribution in [3.63, 3.8) is 0 Å². The lowest BCUT2D eigenvalue weighted by Gasteiger charge is -2.52. The topological polar surface area (TPSA) is 109 Å². The maximum Gasteiger partial charge on any atom is 0.587 e. The highest BCUT2D eigenvalue weighted by Crippen LogP contribution is 2.61. The fourth-order valence-electron chi connectivity index (χ4n) is 6.77. The zero-order chi connectivity index (χ0) is 29.9. The second-order valence-corrected chi connectivity index (χ2v) is 12.5. The van der Waals surface area contributed by atoms with E-state index in [4.69, 9.17) is 32.5 Å². The minimum atomic E-state index is -4.35. The number of benzene rings is 4. The molecule has 0 saturated heterocycles. The van der Waals surface area contributed by atoms with Crippen LogP contribution in [0.15, 0.2) is 84.9 Å². The molecule has 4 aromatic rings. The number of rotatable bonds is 6. The molecule has 10 nitrogen and oxygen atoms in total. The minimum Gasteiger partial charge on any atom is -0.454 e. The molecular weight excluding hydrogens is 583 g/mol. The van der Waals surface area contributed by atoms with E-state index < -0.39 is 25.4 Å². The number of ether oxygens (including phenoxy) is 4. The molecule has 0 amide bonds. The van der Waals surface area contributed by atoms with Gasteiger partial charge in [-0.05, 0) is 66.2 Å². The van der Waals surface area contributed by atoms with Crippen molar-refractivity contribution in [2.45, 2.75) is 30.5 Å². The van der Waals surface area contributed by atoms with E-state index in [1.807, 2.05) is 48.3 Å². The molecule has 0 spiro atoms.